The van der Waals surface area contributed by atoms with E-state index in [1.165, 1.54) is 0 Å². The van der Waals surface area contributed by atoms with E-state index in [9.17, 15) is 4.79 Å². The summed E-state index contributed by atoms with van der Waals surface area (Å²) in [6, 6.07) is 0. The van der Waals surface area contributed by atoms with Crippen LogP contribution in [0.2, 0.25) is 0 Å². The molecule has 3 heteroatoms. The Balaban J connectivity index is 0.000000135. The largest absolute Gasteiger partial charge is 0.481 e. The van der Waals surface area contributed by atoms with E-state index in [1.807, 2.05) is 0 Å². The van der Waals surface area contributed by atoms with Crippen LogP contribution in [0.1, 0.15) is 13.3 Å². The molecule has 0 unspecified atom stereocenters. The molecule has 0 aromatic rings. The minimum atomic E-state index is -0.745. The van der Waals surface area contributed by atoms with E-state index >= 15 is 0 Å². The van der Waals surface area contributed by atoms with Crippen molar-refractivity contribution >= 4 is 5.97 Å². The molecule has 0 atom stereocenters. The SMILES string of the molecule is C1CO1.CCC(=O)O. The minimum absolute atomic E-state index is 0.222. The second-order valence-corrected chi connectivity index (χ2v) is 1.36. The Hall–Kier alpha value is -0.570. The Morgan fingerprint density at radius 1 is 1.75 bits per heavy atom. The zero-order valence-corrected chi connectivity index (χ0v) is 4.89. The van der Waals surface area contributed by atoms with Crippen molar-refractivity contribution in [1.29, 1.82) is 0 Å². The zero-order valence-electron chi connectivity index (χ0n) is 4.89. The monoisotopic (exact) mass is 118 g/mol. The van der Waals surface area contributed by atoms with E-state index in [4.69, 9.17) is 5.11 Å². The number of hydrogen-bond acceptors (Lipinski definition) is 2. The van der Waals surface area contributed by atoms with Gasteiger partial charge in [0.15, 0.2) is 0 Å². The van der Waals surface area contributed by atoms with Crippen molar-refractivity contribution < 1.29 is 14.6 Å². The van der Waals surface area contributed by atoms with E-state index < -0.39 is 5.97 Å². The highest BCUT2D eigenvalue weighted by Crippen LogP contribution is 1.84. The summed E-state index contributed by atoms with van der Waals surface area (Å²) in [6.07, 6.45) is 0.222. The molecular weight excluding hydrogens is 108 g/mol. The number of aliphatic carboxylic acids is 1. The fraction of sp³-hybridized carbons (Fsp3) is 0.800. The van der Waals surface area contributed by atoms with E-state index in [1.54, 1.807) is 6.92 Å². The lowest BCUT2D eigenvalue weighted by Gasteiger charge is -1.71. The van der Waals surface area contributed by atoms with Gasteiger partial charge in [-0.3, -0.25) is 4.79 Å². The van der Waals surface area contributed by atoms with Crippen molar-refractivity contribution in [3.05, 3.63) is 0 Å². The summed E-state index contributed by atoms with van der Waals surface area (Å²) in [4.78, 5) is 9.37. The summed E-state index contributed by atoms with van der Waals surface area (Å²) >= 11 is 0. The molecule has 48 valence electrons. The number of rotatable bonds is 1. The van der Waals surface area contributed by atoms with Gasteiger partial charge in [0.1, 0.15) is 0 Å². The van der Waals surface area contributed by atoms with Gasteiger partial charge in [-0.05, 0) is 0 Å². The fourth-order valence-electron chi connectivity index (χ4n) is 0. The molecule has 0 amide bonds. The van der Waals surface area contributed by atoms with E-state index in [2.05, 4.69) is 4.74 Å². The van der Waals surface area contributed by atoms with Crippen LogP contribution in [0.15, 0.2) is 0 Å². The molecule has 0 aromatic heterocycles. The number of ether oxygens (including phenoxy) is 1. The maximum atomic E-state index is 9.37. The lowest BCUT2D eigenvalue weighted by molar-refractivity contribution is -0.136. The number of epoxide rings is 1. The van der Waals surface area contributed by atoms with Gasteiger partial charge in [0.2, 0.25) is 0 Å². The second kappa shape index (κ2) is 4.59. The van der Waals surface area contributed by atoms with Crippen LogP contribution in [-0.2, 0) is 9.53 Å². The van der Waals surface area contributed by atoms with Gasteiger partial charge in [-0.1, -0.05) is 6.92 Å². The molecule has 1 N–H and O–H groups in total. The molecule has 1 fully saturated rings. The third-order valence-electron chi connectivity index (χ3n) is 0.507. The highest BCUT2D eigenvalue weighted by Gasteiger charge is 1.94. The summed E-state index contributed by atoms with van der Waals surface area (Å²) < 4.78 is 4.50. The van der Waals surface area contributed by atoms with Crippen molar-refractivity contribution in [2.24, 2.45) is 0 Å². The molecule has 8 heavy (non-hydrogen) atoms. The Morgan fingerprint density at radius 2 is 2.00 bits per heavy atom. The predicted molar refractivity (Wildman–Crippen MR) is 28.7 cm³/mol. The zero-order chi connectivity index (χ0) is 6.41. The summed E-state index contributed by atoms with van der Waals surface area (Å²) in [7, 11) is 0. The third-order valence-corrected chi connectivity index (χ3v) is 0.507. The average Bonchev–Trinajstić information content (AvgIpc) is 2.48. The number of carboxylic acids is 1. The molecule has 1 heterocycles. The van der Waals surface area contributed by atoms with Crippen molar-refractivity contribution in [2.75, 3.05) is 13.2 Å². The number of carboxylic acid groups (broad SMARTS) is 1. The van der Waals surface area contributed by atoms with Crippen molar-refractivity contribution in [1.82, 2.24) is 0 Å². The highest BCUT2D eigenvalue weighted by molar-refractivity contribution is 5.66. The molecule has 1 rings (SSSR count). The Kier molecular flexibility index (Phi) is 4.26. The highest BCUT2D eigenvalue weighted by atomic mass is 16.6. The molecule has 1 aliphatic heterocycles. The molecule has 1 aliphatic rings. The molecule has 0 bridgehead atoms. The van der Waals surface area contributed by atoms with Gasteiger partial charge in [-0.2, -0.15) is 0 Å². The summed E-state index contributed by atoms with van der Waals surface area (Å²) in [5.41, 5.74) is 0. The van der Waals surface area contributed by atoms with Gasteiger partial charge < -0.3 is 9.84 Å². The topological polar surface area (TPSA) is 49.8 Å². The van der Waals surface area contributed by atoms with E-state index in [-0.39, 0.29) is 6.42 Å². The third kappa shape index (κ3) is 18.0. The van der Waals surface area contributed by atoms with E-state index in [0.29, 0.717) is 0 Å². The molecule has 1 saturated heterocycles. The molecule has 0 aliphatic carbocycles. The van der Waals surface area contributed by atoms with Gasteiger partial charge in [0.25, 0.3) is 0 Å². The summed E-state index contributed by atoms with van der Waals surface area (Å²) in [5, 5.41) is 7.72. The lowest BCUT2D eigenvalue weighted by Crippen LogP contribution is -1.86. The van der Waals surface area contributed by atoms with Crippen molar-refractivity contribution in [2.45, 2.75) is 13.3 Å². The second-order valence-electron chi connectivity index (χ2n) is 1.36. The normalized spacial score (nSPS) is 13.6. The van der Waals surface area contributed by atoms with E-state index in [0.717, 1.165) is 13.2 Å². The van der Waals surface area contributed by atoms with Gasteiger partial charge in [-0.15, -0.1) is 0 Å². The molecule has 0 spiro atoms. The molecule has 0 aromatic carbocycles. The van der Waals surface area contributed by atoms with Crippen LogP contribution in [0.25, 0.3) is 0 Å². The van der Waals surface area contributed by atoms with Crippen LogP contribution in [-0.4, -0.2) is 24.3 Å². The summed E-state index contributed by atoms with van der Waals surface area (Å²) in [5.74, 6) is -0.745. The number of carbonyl (C=O) groups is 1. The van der Waals surface area contributed by atoms with Crippen LogP contribution >= 0.6 is 0 Å². The smallest absolute Gasteiger partial charge is 0.303 e. The molecule has 3 nitrogen and oxygen atoms in total. The van der Waals surface area contributed by atoms with Crippen LogP contribution in [0, 0.1) is 0 Å². The first-order chi connectivity index (χ1) is 3.77. The van der Waals surface area contributed by atoms with Crippen molar-refractivity contribution in [3.8, 4) is 0 Å². The molecule has 0 saturated carbocycles. The lowest BCUT2D eigenvalue weighted by atomic mass is 10.5. The standard InChI is InChI=1S/C3H6O2.C2H4O/c1-2-3(4)5;1-2-3-1/h2H2,1H3,(H,4,5);1-2H2. The maximum Gasteiger partial charge on any atom is 0.303 e. The van der Waals surface area contributed by atoms with Gasteiger partial charge in [-0.25, -0.2) is 0 Å². The first kappa shape index (κ1) is 7.43. The van der Waals surface area contributed by atoms with Crippen LogP contribution < -0.4 is 0 Å². The summed E-state index contributed by atoms with van der Waals surface area (Å²) in [6.45, 7) is 3.60. The number of hydrogen-bond donors (Lipinski definition) is 1. The first-order valence-electron chi connectivity index (χ1n) is 2.57. The van der Waals surface area contributed by atoms with Gasteiger partial charge in [0.05, 0.1) is 13.2 Å². The van der Waals surface area contributed by atoms with Crippen LogP contribution in [0.3, 0.4) is 0 Å². The Morgan fingerprint density at radius 3 is 2.00 bits per heavy atom. The average molecular weight is 118 g/mol. The quantitative estimate of drug-likeness (QED) is 0.510. The Labute approximate surface area is 48.3 Å². The fourth-order valence-corrected chi connectivity index (χ4v) is 0. The maximum absolute atomic E-state index is 9.37. The Bertz CT molecular complexity index is 65.3. The van der Waals surface area contributed by atoms with Crippen LogP contribution in [0.5, 0.6) is 0 Å². The van der Waals surface area contributed by atoms with Gasteiger partial charge >= 0.3 is 5.97 Å². The van der Waals surface area contributed by atoms with Crippen molar-refractivity contribution in [3.63, 3.8) is 0 Å². The minimum Gasteiger partial charge on any atom is -0.481 e. The first-order valence-corrected chi connectivity index (χ1v) is 2.57. The van der Waals surface area contributed by atoms with Gasteiger partial charge in [0, 0.05) is 6.42 Å². The molecule has 0 radical (unpaired) electrons. The van der Waals surface area contributed by atoms with Crippen LogP contribution in [0.4, 0.5) is 0 Å². The predicted octanol–water partition coefficient (Wildman–Crippen LogP) is 0.498. The molecular formula is C5H10O3.